The van der Waals surface area contributed by atoms with Gasteiger partial charge >= 0.3 is 0 Å². The second-order valence-electron chi connectivity index (χ2n) is 5.37. The zero-order chi connectivity index (χ0) is 16.5. The zero-order valence-electron chi connectivity index (χ0n) is 12.9. The Morgan fingerprint density at radius 2 is 1.83 bits per heavy atom. The van der Waals surface area contributed by atoms with E-state index in [9.17, 15) is 4.79 Å². The van der Waals surface area contributed by atoms with E-state index < -0.39 is 0 Å². The van der Waals surface area contributed by atoms with Crippen molar-refractivity contribution < 1.29 is 0 Å². The number of nitrogens with zero attached hydrogens (tertiary/aromatic N) is 6. The van der Waals surface area contributed by atoms with Crippen molar-refractivity contribution in [2.75, 3.05) is 0 Å². The Kier molecular flexibility index (Phi) is 3.38. The van der Waals surface area contributed by atoms with Gasteiger partial charge in [-0.25, -0.2) is 19.6 Å². The van der Waals surface area contributed by atoms with Crippen LogP contribution in [0.5, 0.6) is 0 Å². The summed E-state index contributed by atoms with van der Waals surface area (Å²) in [5.41, 5.74) is 2.29. The lowest BCUT2D eigenvalue weighted by Crippen LogP contribution is -2.26. The molecule has 0 aliphatic rings. The Morgan fingerprint density at radius 3 is 2.67 bits per heavy atom. The summed E-state index contributed by atoms with van der Waals surface area (Å²) in [4.78, 5) is 25.2. The van der Waals surface area contributed by atoms with E-state index in [2.05, 4.69) is 20.1 Å². The molecule has 0 bridgehead atoms. The maximum Gasteiger partial charge on any atom is 0.282 e. The van der Waals surface area contributed by atoms with Crippen molar-refractivity contribution in [3.63, 3.8) is 0 Å². The molecule has 0 aliphatic heterocycles. The van der Waals surface area contributed by atoms with Crippen LogP contribution >= 0.6 is 0 Å². The quantitative estimate of drug-likeness (QED) is 0.577. The minimum atomic E-state index is -0.225. The smallest absolute Gasteiger partial charge is 0.282 e. The lowest BCUT2D eigenvalue weighted by Gasteiger charge is -2.18. The molecule has 1 atom stereocenters. The lowest BCUT2D eigenvalue weighted by atomic mass is 10.1. The topological polar surface area (TPSA) is 78.5 Å². The third-order valence-electron chi connectivity index (χ3n) is 3.98. The number of hydrogen-bond donors (Lipinski definition) is 0. The first-order valence-corrected chi connectivity index (χ1v) is 7.52. The molecule has 7 heteroatoms. The molecule has 0 amide bonds. The average Bonchev–Trinajstić information content (AvgIpc) is 3.16. The third-order valence-corrected chi connectivity index (χ3v) is 3.98. The summed E-state index contributed by atoms with van der Waals surface area (Å²) >= 11 is 0. The van der Waals surface area contributed by atoms with Gasteiger partial charge in [-0.1, -0.05) is 18.2 Å². The molecule has 118 valence electrons. The van der Waals surface area contributed by atoms with E-state index in [0.717, 1.165) is 11.3 Å². The van der Waals surface area contributed by atoms with Crippen molar-refractivity contribution in [1.29, 1.82) is 0 Å². The van der Waals surface area contributed by atoms with E-state index in [1.165, 1.54) is 18.7 Å². The normalized spacial score (nSPS) is 12.4. The molecule has 0 radical (unpaired) electrons. The summed E-state index contributed by atoms with van der Waals surface area (Å²) < 4.78 is 3.35. The number of para-hydroxylation sites is 1. The Morgan fingerprint density at radius 1 is 1.00 bits per heavy atom. The van der Waals surface area contributed by atoms with Crippen LogP contribution in [0.1, 0.15) is 18.5 Å². The predicted molar refractivity (Wildman–Crippen MR) is 89.0 cm³/mol. The average molecular weight is 318 g/mol. The maximum atomic E-state index is 12.7. The third kappa shape index (κ3) is 2.26. The van der Waals surface area contributed by atoms with Crippen LogP contribution in [0.4, 0.5) is 0 Å². The van der Waals surface area contributed by atoms with Gasteiger partial charge in [-0.15, -0.1) is 0 Å². The summed E-state index contributed by atoms with van der Waals surface area (Å²) in [7, 11) is 0. The minimum Gasteiger partial charge on any atom is -0.290 e. The van der Waals surface area contributed by atoms with Crippen molar-refractivity contribution in [3.05, 3.63) is 77.4 Å². The highest BCUT2D eigenvalue weighted by Crippen LogP contribution is 2.23. The van der Waals surface area contributed by atoms with Gasteiger partial charge in [0.15, 0.2) is 11.2 Å². The molecule has 4 aromatic rings. The van der Waals surface area contributed by atoms with Crippen molar-refractivity contribution in [2.45, 2.75) is 13.0 Å². The summed E-state index contributed by atoms with van der Waals surface area (Å²) in [5.74, 6) is 0. The number of aromatic nitrogens is 6. The van der Waals surface area contributed by atoms with Gasteiger partial charge in [0.25, 0.3) is 5.56 Å². The van der Waals surface area contributed by atoms with Crippen molar-refractivity contribution >= 4 is 11.2 Å². The first kappa shape index (κ1) is 14.3. The van der Waals surface area contributed by atoms with Gasteiger partial charge in [-0.2, -0.15) is 5.10 Å². The van der Waals surface area contributed by atoms with Gasteiger partial charge < -0.3 is 0 Å². The zero-order valence-corrected chi connectivity index (χ0v) is 12.9. The van der Waals surface area contributed by atoms with Crippen molar-refractivity contribution in [3.8, 4) is 5.69 Å². The van der Waals surface area contributed by atoms with Crippen LogP contribution in [0, 0.1) is 0 Å². The standard InChI is InChI=1S/C17H14N6O/c1-12(13-5-2-3-6-14(13)23-10-4-7-21-23)22-11-20-16-15(17(22)24)18-8-9-19-16/h2-12H,1H3/t12-/m1/s1. The fraction of sp³-hybridized carbons (Fsp3) is 0.118. The van der Waals surface area contributed by atoms with Gasteiger partial charge in [-0.05, 0) is 19.1 Å². The Bertz CT molecular complexity index is 1050. The van der Waals surface area contributed by atoms with Crippen LogP contribution in [0.3, 0.4) is 0 Å². The number of fused-ring (bicyclic) bond motifs is 1. The van der Waals surface area contributed by atoms with Crippen molar-refractivity contribution in [1.82, 2.24) is 29.3 Å². The van der Waals surface area contributed by atoms with Gasteiger partial charge in [0, 0.05) is 30.4 Å². The Hall–Kier alpha value is -3.35. The molecule has 7 nitrogen and oxygen atoms in total. The van der Waals surface area contributed by atoms with Crippen LogP contribution in [0.2, 0.25) is 0 Å². The van der Waals surface area contributed by atoms with Crippen LogP contribution in [-0.4, -0.2) is 29.3 Å². The lowest BCUT2D eigenvalue weighted by molar-refractivity contribution is 0.601. The number of rotatable bonds is 3. The molecule has 0 N–H and O–H groups in total. The minimum absolute atomic E-state index is 0.212. The number of benzene rings is 1. The summed E-state index contributed by atoms with van der Waals surface area (Å²) in [6.45, 7) is 1.95. The van der Waals surface area contributed by atoms with E-state index in [1.54, 1.807) is 15.4 Å². The highest BCUT2D eigenvalue weighted by atomic mass is 16.1. The molecule has 3 heterocycles. The van der Waals surface area contributed by atoms with E-state index in [0.29, 0.717) is 5.65 Å². The largest absolute Gasteiger partial charge is 0.290 e. The van der Waals surface area contributed by atoms with E-state index in [-0.39, 0.29) is 17.1 Å². The summed E-state index contributed by atoms with van der Waals surface area (Å²) in [6, 6.07) is 9.48. The number of hydrogen-bond acceptors (Lipinski definition) is 5. The molecule has 4 rings (SSSR count). The molecule has 3 aromatic heterocycles. The molecule has 24 heavy (non-hydrogen) atoms. The summed E-state index contributed by atoms with van der Waals surface area (Å²) in [5, 5.41) is 4.29. The van der Waals surface area contributed by atoms with Gasteiger partial charge in [0.05, 0.1) is 11.7 Å². The summed E-state index contributed by atoms with van der Waals surface area (Å²) in [6.07, 6.45) is 8.14. The Labute approximate surface area is 137 Å². The molecule has 0 aliphatic carbocycles. The molecule has 0 saturated carbocycles. The molecule has 0 unspecified atom stereocenters. The molecule has 0 saturated heterocycles. The van der Waals surface area contributed by atoms with Gasteiger partial charge in [0.2, 0.25) is 0 Å². The highest BCUT2D eigenvalue weighted by Gasteiger charge is 2.16. The predicted octanol–water partition coefficient (Wildman–Crippen LogP) is 1.98. The van der Waals surface area contributed by atoms with Crippen LogP contribution < -0.4 is 5.56 Å². The Balaban J connectivity index is 1.88. The van der Waals surface area contributed by atoms with Crippen LogP contribution in [0.25, 0.3) is 16.9 Å². The van der Waals surface area contributed by atoms with E-state index >= 15 is 0 Å². The van der Waals surface area contributed by atoms with E-state index in [1.807, 2.05) is 43.5 Å². The second-order valence-corrected chi connectivity index (χ2v) is 5.37. The van der Waals surface area contributed by atoms with Gasteiger partial charge in [0.1, 0.15) is 6.33 Å². The fourth-order valence-corrected chi connectivity index (χ4v) is 2.75. The molecule has 0 fully saturated rings. The molecular weight excluding hydrogens is 304 g/mol. The fourth-order valence-electron chi connectivity index (χ4n) is 2.75. The van der Waals surface area contributed by atoms with Gasteiger partial charge in [-0.3, -0.25) is 9.36 Å². The highest BCUT2D eigenvalue weighted by molar-refractivity contribution is 5.67. The second kappa shape index (κ2) is 5.69. The van der Waals surface area contributed by atoms with E-state index in [4.69, 9.17) is 0 Å². The molecular formula is C17H14N6O. The first-order chi connectivity index (χ1) is 11.8. The van der Waals surface area contributed by atoms with Crippen LogP contribution in [0.15, 0.2) is 66.2 Å². The molecule has 0 spiro atoms. The maximum absolute atomic E-state index is 12.7. The SMILES string of the molecule is C[C@H](c1ccccc1-n1cccn1)n1cnc2nccnc2c1=O. The van der Waals surface area contributed by atoms with Crippen molar-refractivity contribution in [2.24, 2.45) is 0 Å². The monoisotopic (exact) mass is 318 g/mol. The first-order valence-electron chi connectivity index (χ1n) is 7.52. The van der Waals surface area contributed by atoms with Crippen LogP contribution in [-0.2, 0) is 0 Å². The molecule has 1 aromatic carbocycles.